The second kappa shape index (κ2) is 6.57. The highest BCUT2D eigenvalue weighted by atomic mass is 16.5. The number of para-hydroxylation sites is 1. The van der Waals surface area contributed by atoms with Crippen LogP contribution in [0.1, 0.15) is 30.1 Å². The number of methoxy groups -OCH3 is 1. The average molecular weight is 263 g/mol. The minimum absolute atomic E-state index is 0.105. The van der Waals surface area contributed by atoms with Gasteiger partial charge < -0.3 is 14.8 Å². The van der Waals surface area contributed by atoms with Crippen LogP contribution in [0.25, 0.3) is 0 Å². The molecule has 2 rings (SSSR count). The number of ether oxygens (including phenoxy) is 2. The molecular weight excluding hydrogens is 242 g/mol. The Morgan fingerprint density at radius 3 is 2.68 bits per heavy atom. The van der Waals surface area contributed by atoms with Crippen LogP contribution >= 0.6 is 0 Å². The van der Waals surface area contributed by atoms with Gasteiger partial charge in [0.05, 0.1) is 13.2 Å². The maximum atomic E-state index is 11.7. The molecule has 1 aromatic rings. The van der Waals surface area contributed by atoms with Crippen molar-refractivity contribution in [2.24, 2.45) is 5.92 Å². The molecule has 0 amide bonds. The molecule has 1 fully saturated rings. The molecule has 1 aromatic carbocycles. The van der Waals surface area contributed by atoms with Crippen LogP contribution in [0.4, 0.5) is 0 Å². The van der Waals surface area contributed by atoms with Crippen LogP contribution in [0.3, 0.4) is 0 Å². The lowest BCUT2D eigenvalue weighted by Crippen LogP contribution is -2.35. The van der Waals surface area contributed by atoms with Gasteiger partial charge in [0.1, 0.15) is 11.3 Å². The summed E-state index contributed by atoms with van der Waals surface area (Å²) in [4.78, 5) is 11.7. The number of hydrogen-bond acceptors (Lipinski definition) is 4. The number of rotatable bonds is 4. The van der Waals surface area contributed by atoms with Crippen molar-refractivity contribution >= 4 is 5.97 Å². The zero-order valence-electron chi connectivity index (χ0n) is 11.5. The quantitative estimate of drug-likeness (QED) is 0.846. The van der Waals surface area contributed by atoms with Crippen molar-refractivity contribution in [1.29, 1.82) is 0 Å². The summed E-state index contributed by atoms with van der Waals surface area (Å²) >= 11 is 0. The molecule has 19 heavy (non-hydrogen) atoms. The van der Waals surface area contributed by atoms with E-state index < -0.39 is 0 Å². The Morgan fingerprint density at radius 1 is 1.32 bits per heavy atom. The number of esters is 1. The number of piperidine rings is 1. The molecule has 4 heteroatoms. The zero-order chi connectivity index (χ0) is 13.7. The number of carbonyl (C=O) groups excluding carboxylic acids is 1. The van der Waals surface area contributed by atoms with Crippen LogP contribution in [0, 0.1) is 5.92 Å². The maximum Gasteiger partial charge on any atom is 0.341 e. The summed E-state index contributed by atoms with van der Waals surface area (Å²) in [6.45, 7) is 4.15. The highest BCUT2D eigenvalue weighted by Crippen LogP contribution is 2.25. The summed E-state index contributed by atoms with van der Waals surface area (Å²) in [7, 11) is 1.38. The molecular formula is C15H21NO3. The summed E-state index contributed by atoms with van der Waals surface area (Å²) < 4.78 is 10.8. The lowest BCUT2D eigenvalue weighted by molar-refractivity contribution is 0.0588. The summed E-state index contributed by atoms with van der Waals surface area (Å²) in [5.74, 6) is 0.792. The largest absolute Gasteiger partial charge is 0.490 e. The van der Waals surface area contributed by atoms with Gasteiger partial charge >= 0.3 is 5.97 Å². The first-order valence-corrected chi connectivity index (χ1v) is 6.77. The highest BCUT2D eigenvalue weighted by Gasteiger charge is 2.23. The molecule has 0 aliphatic carbocycles. The van der Waals surface area contributed by atoms with Crippen LogP contribution in [0.15, 0.2) is 24.3 Å². The van der Waals surface area contributed by atoms with Gasteiger partial charge in [0.25, 0.3) is 0 Å². The van der Waals surface area contributed by atoms with Crippen molar-refractivity contribution in [2.75, 3.05) is 20.2 Å². The van der Waals surface area contributed by atoms with Crippen LogP contribution in [-0.2, 0) is 4.74 Å². The maximum absolute atomic E-state index is 11.7. The third kappa shape index (κ3) is 3.47. The minimum atomic E-state index is -0.354. The van der Waals surface area contributed by atoms with Crippen molar-refractivity contribution < 1.29 is 14.3 Å². The number of nitrogens with one attached hydrogen (secondary N) is 1. The van der Waals surface area contributed by atoms with E-state index in [0.29, 0.717) is 17.2 Å². The Hall–Kier alpha value is -1.55. The van der Waals surface area contributed by atoms with Gasteiger partial charge in [-0.15, -0.1) is 0 Å². The van der Waals surface area contributed by atoms with E-state index in [4.69, 9.17) is 9.47 Å². The number of hydrogen-bond donors (Lipinski definition) is 1. The Kier molecular flexibility index (Phi) is 4.80. The van der Waals surface area contributed by atoms with Gasteiger partial charge in [-0.05, 0) is 50.9 Å². The van der Waals surface area contributed by atoms with Gasteiger partial charge in [-0.1, -0.05) is 12.1 Å². The van der Waals surface area contributed by atoms with E-state index in [-0.39, 0.29) is 12.1 Å². The first kappa shape index (κ1) is 13.9. The average Bonchev–Trinajstić information content (AvgIpc) is 2.48. The summed E-state index contributed by atoms with van der Waals surface area (Å²) in [6.07, 6.45) is 2.33. The molecule has 0 radical (unpaired) electrons. The Balaban J connectivity index is 2.07. The van der Waals surface area contributed by atoms with Gasteiger partial charge in [-0.2, -0.15) is 0 Å². The van der Waals surface area contributed by atoms with E-state index >= 15 is 0 Å². The van der Waals surface area contributed by atoms with Gasteiger partial charge in [0.15, 0.2) is 0 Å². The van der Waals surface area contributed by atoms with Crippen molar-refractivity contribution in [2.45, 2.75) is 25.9 Å². The van der Waals surface area contributed by atoms with Crippen LogP contribution in [-0.4, -0.2) is 32.3 Å². The predicted octanol–water partition coefficient (Wildman–Crippen LogP) is 2.24. The molecule has 0 bridgehead atoms. The molecule has 1 N–H and O–H groups in total. The summed E-state index contributed by atoms with van der Waals surface area (Å²) in [5, 5.41) is 3.34. The smallest absolute Gasteiger partial charge is 0.341 e. The third-order valence-electron chi connectivity index (χ3n) is 3.65. The standard InChI is InChI=1S/C15H21NO3/c1-11(12-7-9-16-10-8-12)19-14-6-4-3-5-13(14)15(17)18-2/h3-6,11-12,16H,7-10H2,1-2H3. The van der Waals surface area contributed by atoms with Gasteiger partial charge in [-0.25, -0.2) is 4.79 Å². The van der Waals surface area contributed by atoms with E-state index in [1.54, 1.807) is 6.07 Å². The number of carbonyl (C=O) groups is 1. The zero-order valence-corrected chi connectivity index (χ0v) is 11.5. The Bertz CT molecular complexity index is 427. The first-order valence-electron chi connectivity index (χ1n) is 6.77. The fourth-order valence-electron chi connectivity index (χ4n) is 2.46. The molecule has 1 saturated heterocycles. The number of benzene rings is 1. The van der Waals surface area contributed by atoms with Gasteiger partial charge in [0, 0.05) is 0 Å². The minimum Gasteiger partial charge on any atom is -0.490 e. The molecule has 1 aliphatic heterocycles. The molecule has 0 saturated carbocycles. The normalized spacial score (nSPS) is 17.8. The second-order valence-corrected chi connectivity index (χ2v) is 4.90. The van der Waals surface area contributed by atoms with Crippen molar-refractivity contribution in [3.05, 3.63) is 29.8 Å². The predicted molar refractivity (Wildman–Crippen MR) is 73.5 cm³/mol. The SMILES string of the molecule is COC(=O)c1ccccc1OC(C)C1CCNCC1. The highest BCUT2D eigenvalue weighted by molar-refractivity contribution is 5.92. The third-order valence-corrected chi connectivity index (χ3v) is 3.65. The molecule has 1 unspecified atom stereocenters. The molecule has 1 heterocycles. The van der Waals surface area contributed by atoms with Crippen LogP contribution in [0.5, 0.6) is 5.75 Å². The van der Waals surface area contributed by atoms with E-state index in [0.717, 1.165) is 25.9 Å². The van der Waals surface area contributed by atoms with E-state index in [9.17, 15) is 4.79 Å². The molecule has 1 aliphatic rings. The van der Waals surface area contributed by atoms with E-state index in [2.05, 4.69) is 12.2 Å². The fourth-order valence-corrected chi connectivity index (χ4v) is 2.46. The topological polar surface area (TPSA) is 47.6 Å². The fraction of sp³-hybridized carbons (Fsp3) is 0.533. The Morgan fingerprint density at radius 2 is 2.00 bits per heavy atom. The van der Waals surface area contributed by atoms with Crippen LogP contribution < -0.4 is 10.1 Å². The van der Waals surface area contributed by atoms with E-state index in [1.807, 2.05) is 18.2 Å². The molecule has 1 atom stereocenters. The summed E-state index contributed by atoms with van der Waals surface area (Å²) in [5.41, 5.74) is 0.491. The first-order chi connectivity index (χ1) is 9.22. The molecule has 104 valence electrons. The molecule has 4 nitrogen and oxygen atoms in total. The summed E-state index contributed by atoms with van der Waals surface area (Å²) in [6, 6.07) is 7.24. The monoisotopic (exact) mass is 263 g/mol. The Labute approximate surface area is 114 Å². The van der Waals surface area contributed by atoms with Crippen molar-refractivity contribution in [3.63, 3.8) is 0 Å². The second-order valence-electron chi connectivity index (χ2n) is 4.90. The van der Waals surface area contributed by atoms with Crippen molar-refractivity contribution in [1.82, 2.24) is 5.32 Å². The van der Waals surface area contributed by atoms with Crippen molar-refractivity contribution in [3.8, 4) is 5.75 Å². The van der Waals surface area contributed by atoms with Gasteiger partial charge in [-0.3, -0.25) is 0 Å². The molecule has 0 spiro atoms. The molecule has 0 aromatic heterocycles. The van der Waals surface area contributed by atoms with E-state index in [1.165, 1.54) is 7.11 Å². The van der Waals surface area contributed by atoms with Gasteiger partial charge in [0.2, 0.25) is 0 Å². The lowest BCUT2D eigenvalue weighted by atomic mass is 9.93. The van der Waals surface area contributed by atoms with Crippen LogP contribution in [0.2, 0.25) is 0 Å². The lowest BCUT2D eigenvalue weighted by Gasteiger charge is -2.29.